The zero-order valence-electron chi connectivity index (χ0n) is 9.35. The molecule has 0 heterocycles. The van der Waals surface area contributed by atoms with E-state index in [0.29, 0.717) is 6.42 Å². The summed E-state index contributed by atoms with van der Waals surface area (Å²) < 4.78 is 4.76. The van der Waals surface area contributed by atoms with E-state index in [0.717, 1.165) is 19.2 Å². The second-order valence-corrected chi connectivity index (χ2v) is 3.47. The van der Waals surface area contributed by atoms with Crippen molar-refractivity contribution in [3.8, 4) is 0 Å². The standard InChI is InChI=1S/C10H21N3O2/c1-2-3-4-5-6-7-8-10(14)15-9-12-13-11/h9-11,14H,2-8H2,1H3/b12-9+,13-11?. The Labute approximate surface area is 91.0 Å². The summed E-state index contributed by atoms with van der Waals surface area (Å²) in [6.07, 6.45) is 7.89. The van der Waals surface area contributed by atoms with Crippen LogP contribution >= 0.6 is 0 Å². The van der Waals surface area contributed by atoms with Crippen LogP contribution < -0.4 is 0 Å². The fourth-order valence-corrected chi connectivity index (χ4v) is 1.29. The molecule has 0 rings (SSSR count). The van der Waals surface area contributed by atoms with E-state index in [1.54, 1.807) is 0 Å². The summed E-state index contributed by atoms with van der Waals surface area (Å²) in [5, 5.41) is 15.1. The number of nitrogens with zero attached hydrogens (tertiary/aromatic N) is 2. The summed E-state index contributed by atoms with van der Waals surface area (Å²) in [6, 6.07) is 0. The van der Waals surface area contributed by atoms with Crippen molar-refractivity contribution in [3.63, 3.8) is 0 Å². The highest BCUT2D eigenvalue weighted by Crippen LogP contribution is 2.08. The van der Waals surface area contributed by atoms with Crippen molar-refractivity contribution in [1.82, 2.24) is 0 Å². The predicted octanol–water partition coefficient (Wildman–Crippen LogP) is 3.05. The van der Waals surface area contributed by atoms with Gasteiger partial charge in [0.25, 0.3) is 0 Å². The third-order valence-corrected chi connectivity index (χ3v) is 2.13. The second-order valence-electron chi connectivity index (χ2n) is 3.47. The summed E-state index contributed by atoms with van der Waals surface area (Å²) in [7, 11) is 0. The Morgan fingerprint density at radius 1 is 1.27 bits per heavy atom. The minimum absolute atomic E-state index is 0.607. The quantitative estimate of drug-likeness (QED) is 0.147. The molecule has 0 aliphatic carbocycles. The van der Waals surface area contributed by atoms with E-state index in [1.807, 2.05) is 0 Å². The van der Waals surface area contributed by atoms with Crippen molar-refractivity contribution in [3.05, 3.63) is 0 Å². The van der Waals surface area contributed by atoms with Crippen LogP contribution in [0, 0.1) is 5.53 Å². The molecule has 0 aromatic heterocycles. The summed E-state index contributed by atoms with van der Waals surface area (Å²) in [5.74, 6) is 0. The van der Waals surface area contributed by atoms with Gasteiger partial charge in [-0.2, -0.15) is 5.53 Å². The summed E-state index contributed by atoms with van der Waals surface area (Å²) in [5.41, 5.74) is 6.34. The third-order valence-electron chi connectivity index (χ3n) is 2.13. The highest BCUT2D eigenvalue weighted by Gasteiger charge is 2.01. The zero-order valence-corrected chi connectivity index (χ0v) is 9.35. The molecule has 1 unspecified atom stereocenters. The third kappa shape index (κ3) is 11.0. The molecule has 0 aromatic rings. The molecule has 2 N–H and O–H groups in total. The first-order chi connectivity index (χ1) is 7.31. The van der Waals surface area contributed by atoms with Gasteiger partial charge in [-0.05, 0) is 11.6 Å². The molecule has 0 radical (unpaired) electrons. The van der Waals surface area contributed by atoms with Crippen molar-refractivity contribution < 1.29 is 9.84 Å². The van der Waals surface area contributed by atoms with Gasteiger partial charge in [-0.1, -0.05) is 39.0 Å². The Kier molecular flexibility index (Phi) is 10.4. The predicted molar refractivity (Wildman–Crippen MR) is 58.7 cm³/mol. The molecule has 0 saturated heterocycles. The molecule has 5 nitrogen and oxygen atoms in total. The van der Waals surface area contributed by atoms with Crippen LogP contribution in [0.25, 0.3) is 0 Å². The molecular formula is C10H21N3O2. The lowest BCUT2D eigenvalue weighted by atomic mass is 10.1. The molecule has 0 aliphatic rings. The zero-order chi connectivity index (χ0) is 11.4. The molecule has 0 aliphatic heterocycles. The fourth-order valence-electron chi connectivity index (χ4n) is 1.29. The van der Waals surface area contributed by atoms with Gasteiger partial charge >= 0.3 is 0 Å². The van der Waals surface area contributed by atoms with E-state index in [9.17, 15) is 5.11 Å². The van der Waals surface area contributed by atoms with E-state index < -0.39 is 6.29 Å². The van der Waals surface area contributed by atoms with Crippen LogP contribution in [0.5, 0.6) is 0 Å². The molecule has 0 aromatic carbocycles. The molecule has 88 valence electrons. The SMILES string of the molecule is CCCCCCCCC(O)O/C=N/N=N. The lowest BCUT2D eigenvalue weighted by Crippen LogP contribution is -2.10. The first-order valence-corrected chi connectivity index (χ1v) is 5.53. The summed E-state index contributed by atoms with van der Waals surface area (Å²) in [6.45, 7) is 2.19. The molecule has 5 heteroatoms. The Morgan fingerprint density at radius 3 is 2.60 bits per heavy atom. The van der Waals surface area contributed by atoms with Crippen LogP contribution in [0.2, 0.25) is 0 Å². The Balaban J connectivity index is 3.19. The van der Waals surface area contributed by atoms with Crippen LogP contribution in [-0.2, 0) is 4.74 Å². The van der Waals surface area contributed by atoms with Crippen LogP contribution in [-0.4, -0.2) is 17.8 Å². The molecule has 1 atom stereocenters. The number of rotatable bonds is 10. The molecule has 0 amide bonds. The largest absolute Gasteiger partial charge is 0.453 e. The van der Waals surface area contributed by atoms with Crippen LogP contribution in [0.3, 0.4) is 0 Å². The minimum atomic E-state index is -0.818. The first kappa shape index (κ1) is 14.0. The highest BCUT2D eigenvalue weighted by molar-refractivity contribution is 5.45. The number of nitrogens with one attached hydrogen (secondary N) is 1. The lowest BCUT2D eigenvalue weighted by Gasteiger charge is -2.08. The molecule has 0 spiro atoms. The van der Waals surface area contributed by atoms with Gasteiger partial charge in [0.2, 0.25) is 0 Å². The van der Waals surface area contributed by atoms with Gasteiger partial charge in [-0.3, -0.25) is 0 Å². The van der Waals surface area contributed by atoms with Crippen LogP contribution in [0.15, 0.2) is 10.3 Å². The molecular weight excluding hydrogens is 194 g/mol. The maximum atomic E-state index is 9.26. The van der Waals surface area contributed by atoms with Crippen LogP contribution in [0.4, 0.5) is 0 Å². The maximum Gasteiger partial charge on any atom is 0.200 e. The monoisotopic (exact) mass is 215 g/mol. The van der Waals surface area contributed by atoms with Gasteiger partial charge in [0, 0.05) is 6.42 Å². The average Bonchev–Trinajstić information content (AvgIpc) is 2.23. The van der Waals surface area contributed by atoms with Gasteiger partial charge in [0.15, 0.2) is 12.7 Å². The minimum Gasteiger partial charge on any atom is -0.453 e. The molecule has 15 heavy (non-hydrogen) atoms. The van der Waals surface area contributed by atoms with Crippen LogP contribution in [0.1, 0.15) is 51.9 Å². The van der Waals surface area contributed by atoms with E-state index in [4.69, 9.17) is 10.3 Å². The van der Waals surface area contributed by atoms with Gasteiger partial charge < -0.3 is 9.84 Å². The van der Waals surface area contributed by atoms with Gasteiger partial charge in [-0.25, -0.2) is 0 Å². The van der Waals surface area contributed by atoms with E-state index in [1.165, 1.54) is 25.7 Å². The Hall–Kier alpha value is -0.970. The lowest BCUT2D eigenvalue weighted by molar-refractivity contribution is -0.0297. The van der Waals surface area contributed by atoms with Gasteiger partial charge in [0.05, 0.1) is 0 Å². The van der Waals surface area contributed by atoms with E-state index >= 15 is 0 Å². The number of aliphatic hydroxyl groups is 1. The number of ether oxygens (including phenoxy) is 1. The molecule has 0 bridgehead atoms. The van der Waals surface area contributed by atoms with Crippen molar-refractivity contribution in [2.75, 3.05) is 0 Å². The number of hydrogen-bond acceptors (Lipinski definition) is 4. The maximum absolute atomic E-state index is 9.26. The second kappa shape index (κ2) is 11.1. The summed E-state index contributed by atoms with van der Waals surface area (Å²) >= 11 is 0. The van der Waals surface area contributed by atoms with Gasteiger partial charge in [-0.15, -0.1) is 5.10 Å². The average molecular weight is 215 g/mol. The molecule has 0 fully saturated rings. The number of aliphatic hydroxyl groups excluding tert-OH is 1. The van der Waals surface area contributed by atoms with Crippen molar-refractivity contribution in [1.29, 1.82) is 5.53 Å². The van der Waals surface area contributed by atoms with Crippen molar-refractivity contribution in [2.24, 2.45) is 10.3 Å². The smallest absolute Gasteiger partial charge is 0.200 e. The topological polar surface area (TPSA) is 78.0 Å². The number of hydrogen-bond donors (Lipinski definition) is 2. The summed E-state index contributed by atoms with van der Waals surface area (Å²) in [4.78, 5) is 0. The Bertz CT molecular complexity index is 174. The highest BCUT2D eigenvalue weighted by atomic mass is 16.6. The van der Waals surface area contributed by atoms with Crippen molar-refractivity contribution >= 4 is 6.40 Å². The Morgan fingerprint density at radius 2 is 1.93 bits per heavy atom. The number of unbranched alkanes of at least 4 members (excludes halogenated alkanes) is 5. The fraction of sp³-hybridized carbons (Fsp3) is 0.900. The van der Waals surface area contributed by atoms with Gasteiger partial charge in [0.1, 0.15) is 0 Å². The first-order valence-electron chi connectivity index (χ1n) is 5.53. The van der Waals surface area contributed by atoms with E-state index in [-0.39, 0.29) is 0 Å². The molecule has 0 saturated carbocycles. The van der Waals surface area contributed by atoms with E-state index in [2.05, 4.69) is 17.2 Å². The van der Waals surface area contributed by atoms with Crippen molar-refractivity contribution in [2.45, 2.75) is 58.2 Å². The normalized spacial score (nSPS) is 12.9.